The maximum Gasteiger partial charge on any atom is 0.332 e. The molecule has 0 fully saturated rings. The van der Waals surface area contributed by atoms with E-state index in [2.05, 4.69) is 30.9 Å². The molecule has 1 amide bonds. The number of carbonyl (C=O) groups is 1. The van der Waals surface area contributed by atoms with E-state index in [4.69, 9.17) is 10.5 Å². The number of primary amides is 1. The molecular weight excluding hydrogens is 426 g/mol. The van der Waals surface area contributed by atoms with E-state index in [1.165, 1.54) is 11.7 Å². The Labute approximate surface area is 167 Å². The second-order valence-corrected chi connectivity index (χ2v) is 6.82. The summed E-state index contributed by atoms with van der Waals surface area (Å²) in [5.41, 5.74) is 6.51. The number of carbonyl (C=O) groups excluding carboxylic acids is 1. The third kappa shape index (κ3) is 2.95. The van der Waals surface area contributed by atoms with Crippen LogP contribution in [-0.4, -0.2) is 32.5 Å². The van der Waals surface area contributed by atoms with Crippen LogP contribution in [0, 0.1) is 0 Å². The van der Waals surface area contributed by atoms with Gasteiger partial charge < -0.3 is 15.5 Å². The van der Waals surface area contributed by atoms with Crippen molar-refractivity contribution in [1.82, 2.24) is 19.5 Å². The molecule has 2 aromatic carbocycles. The molecule has 0 saturated carbocycles. The Bertz CT molecular complexity index is 1280. The summed E-state index contributed by atoms with van der Waals surface area (Å²) in [6.45, 7) is 0. The first-order chi connectivity index (χ1) is 13.5. The van der Waals surface area contributed by atoms with Crippen LogP contribution in [0.2, 0.25) is 0 Å². The van der Waals surface area contributed by atoms with Crippen LogP contribution in [0.5, 0.6) is 5.75 Å². The number of amides is 1. The zero-order valence-corrected chi connectivity index (χ0v) is 16.2. The van der Waals surface area contributed by atoms with Gasteiger partial charge in [-0.1, -0.05) is 40.2 Å². The Morgan fingerprint density at radius 1 is 1.18 bits per heavy atom. The van der Waals surface area contributed by atoms with E-state index in [-0.39, 0.29) is 22.7 Å². The van der Waals surface area contributed by atoms with Crippen molar-refractivity contribution in [1.29, 1.82) is 0 Å². The van der Waals surface area contributed by atoms with Gasteiger partial charge in [-0.2, -0.15) is 0 Å². The topological polar surface area (TPSA) is 116 Å². The predicted octanol–water partition coefficient (Wildman–Crippen LogP) is 2.65. The van der Waals surface area contributed by atoms with Gasteiger partial charge in [0.1, 0.15) is 11.3 Å². The number of fused-ring (bicyclic) bond motifs is 1. The Hall–Kier alpha value is -3.46. The largest absolute Gasteiger partial charge is 0.495 e. The fourth-order valence-corrected chi connectivity index (χ4v) is 3.36. The minimum atomic E-state index is -0.767. The summed E-state index contributed by atoms with van der Waals surface area (Å²) < 4.78 is 7.53. The van der Waals surface area contributed by atoms with Gasteiger partial charge in [0.15, 0.2) is 17.2 Å². The maximum absolute atomic E-state index is 12.7. The zero-order valence-electron chi connectivity index (χ0n) is 14.6. The number of aromatic amines is 1. The minimum Gasteiger partial charge on any atom is -0.495 e. The highest BCUT2D eigenvalue weighted by atomic mass is 79.9. The number of nitrogens with two attached hydrogens (primary N) is 1. The van der Waals surface area contributed by atoms with Crippen molar-refractivity contribution < 1.29 is 9.53 Å². The molecule has 140 valence electrons. The number of hydrogen-bond donors (Lipinski definition) is 2. The number of imidazole rings is 1. The molecule has 4 aromatic rings. The smallest absolute Gasteiger partial charge is 0.332 e. The molecular formula is C19H14BrN5O3. The van der Waals surface area contributed by atoms with E-state index in [0.717, 1.165) is 4.47 Å². The molecule has 0 spiro atoms. The van der Waals surface area contributed by atoms with Crippen molar-refractivity contribution in [2.24, 2.45) is 5.73 Å². The molecule has 0 saturated heterocycles. The van der Waals surface area contributed by atoms with Crippen molar-refractivity contribution in [2.75, 3.05) is 7.11 Å². The van der Waals surface area contributed by atoms with Gasteiger partial charge in [0, 0.05) is 10.0 Å². The molecule has 0 radical (unpaired) electrons. The molecule has 0 bridgehead atoms. The van der Waals surface area contributed by atoms with Crippen molar-refractivity contribution in [3.05, 3.63) is 69.2 Å². The number of halogens is 1. The summed E-state index contributed by atoms with van der Waals surface area (Å²) in [4.78, 5) is 36.2. The Balaban J connectivity index is 2.09. The quantitative estimate of drug-likeness (QED) is 0.506. The average Bonchev–Trinajstić information content (AvgIpc) is 3.02. The molecule has 9 heteroatoms. The number of nitrogens with zero attached hydrogens (tertiary/aromatic N) is 3. The van der Waals surface area contributed by atoms with Crippen molar-refractivity contribution in [3.8, 4) is 22.8 Å². The van der Waals surface area contributed by atoms with E-state index >= 15 is 0 Å². The number of methoxy groups -OCH3 is 1. The average molecular weight is 440 g/mol. The van der Waals surface area contributed by atoms with Gasteiger partial charge in [-0.05, 0) is 24.3 Å². The van der Waals surface area contributed by atoms with Crippen LogP contribution in [0.1, 0.15) is 10.5 Å². The number of hydrogen-bond acceptors (Lipinski definition) is 5. The number of aromatic nitrogens is 4. The fourth-order valence-electron chi connectivity index (χ4n) is 2.96. The summed E-state index contributed by atoms with van der Waals surface area (Å²) in [7, 11) is 1.51. The van der Waals surface area contributed by atoms with Gasteiger partial charge >= 0.3 is 5.69 Å². The Morgan fingerprint density at radius 3 is 2.68 bits per heavy atom. The zero-order chi connectivity index (χ0) is 19.8. The monoisotopic (exact) mass is 439 g/mol. The van der Waals surface area contributed by atoms with Crippen LogP contribution in [0.3, 0.4) is 0 Å². The standard InChI is InChI=1S/C19H14BrN5O3/c1-28-13-8-3-2-7-12(13)25-18-15(23-19(25)27)14(16(21)26)22-17(24-18)10-5-4-6-11(20)9-10/h2-9H,1H3,(H2,21,26)(H,23,27). The minimum absolute atomic E-state index is 0.0641. The number of ether oxygens (including phenoxy) is 1. The van der Waals surface area contributed by atoms with Gasteiger partial charge in [0.25, 0.3) is 5.91 Å². The molecule has 8 nitrogen and oxygen atoms in total. The molecule has 3 N–H and O–H groups in total. The first-order valence-electron chi connectivity index (χ1n) is 8.21. The van der Waals surface area contributed by atoms with Crippen LogP contribution in [0.15, 0.2) is 57.8 Å². The maximum atomic E-state index is 12.7. The molecule has 28 heavy (non-hydrogen) atoms. The van der Waals surface area contributed by atoms with Crippen molar-refractivity contribution >= 4 is 33.0 Å². The van der Waals surface area contributed by atoms with E-state index < -0.39 is 11.6 Å². The van der Waals surface area contributed by atoms with Gasteiger partial charge in [-0.3, -0.25) is 4.79 Å². The third-order valence-corrected chi connectivity index (χ3v) is 4.67. The van der Waals surface area contributed by atoms with Gasteiger partial charge in [-0.15, -0.1) is 0 Å². The fraction of sp³-hybridized carbons (Fsp3) is 0.0526. The first kappa shape index (κ1) is 17.9. The Kier molecular flexibility index (Phi) is 4.44. The SMILES string of the molecule is COc1ccccc1-n1c(=O)[nH]c2c(C(N)=O)nc(-c3cccc(Br)c3)nc21. The number of benzene rings is 2. The molecule has 0 unspecified atom stereocenters. The van der Waals surface area contributed by atoms with Crippen LogP contribution in [0.25, 0.3) is 28.2 Å². The highest BCUT2D eigenvalue weighted by Crippen LogP contribution is 2.27. The third-order valence-electron chi connectivity index (χ3n) is 4.18. The van der Waals surface area contributed by atoms with Crippen LogP contribution in [0.4, 0.5) is 0 Å². The van der Waals surface area contributed by atoms with Gasteiger partial charge in [-0.25, -0.2) is 19.3 Å². The second kappa shape index (κ2) is 6.93. The molecule has 0 aliphatic heterocycles. The Morgan fingerprint density at radius 2 is 1.96 bits per heavy atom. The normalized spacial score (nSPS) is 10.9. The van der Waals surface area contributed by atoms with Crippen molar-refractivity contribution in [2.45, 2.75) is 0 Å². The number of nitrogens with one attached hydrogen (secondary N) is 1. The van der Waals surface area contributed by atoms with E-state index in [1.54, 1.807) is 30.3 Å². The summed E-state index contributed by atoms with van der Waals surface area (Å²) in [5.74, 6) is -0.0175. The van der Waals surface area contributed by atoms with E-state index in [1.807, 2.05) is 18.2 Å². The number of para-hydroxylation sites is 2. The molecule has 2 aromatic heterocycles. The molecule has 0 aliphatic carbocycles. The highest BCUT2D eigenvalue weighted by molar-refractivity contribution is 9.10. The number of rotatable bonds is 4. The first-order valence-corrected chi connectivity index (χ1v) is 9.01. The summed E-state index contributed by atoms with van der Waals surface area (Å²) in [6, 6.07) is 14.3. The summed E-state index contributed by atoms with van der Waals surface area (Å²) >= 11 is 3.41. The summed E-state index contributed by atoms with van der Waals surface area (Å²) in [5, 5.41) is 0. The van der Waals surface area contributed by atoms with Gasteiger partial charge in [0.05, 0.1) is 12.8 Å². The molecule has 2 heterocycles. The van der Waals surface area contributed by atoms with Crippen LogP contribution < -0.4 is 16.2 Å². The van der Waals surface area contributed by atoms with Gasteiger partial charge in [0.2, 0.25) is 0 Å². The highest BCUT2D eigenvalue weighted by Gasteiger charge is 2.21. The van der Waals surface area contributed by atoms with Crippen LogP contribution in [-0.2, 0) is 0 Å². The number of H-pyrrole nitrogens is 1. The van der Waals surface area contributed by atoms with E-state index in [0.29, 0.717) is 17.0 Å². The van der Waals surface area contributed by atoms with E-state index in [9.17, 15) is 9.59 Å². The lowest BCUT2D eigenvalue weighted by atomic mass is 10.2. The molecule has 0 aliphatic rings. The molecule has 4 rings (SSSR count). The summed E-state index contributed by atoms with van der Waals surface area (Å²) in [6.07, 6.45) is 0. The predicted molar refractivity (Wildman–Crippen MR) is 108 cm³/mol. The lowest BCUT2D eigenvalue weighted by molar-refractivity contribution is 0.0997. The van der Waals surface area contributed by atoms with Crippen molar-refractivity contribution in [3.63, 3.8) is 0 Å². The van der Waals surface area contributed by atoms with Crippen LogP contribution >= 0.6 is 15.9 Å². The second-order valence-electron chi connectivity index (χ2n) is 5.91. The lowest BCUT2D eigenvalue weighted by Gasteiger charge is -2.10. The lowest BCUT2D eigenvalue weighted by Crippen LogP contribution is -2.16. The molecule has 0 atom stereocenters.